The molecule has 45 heavy (non-hydrogen) atoms. The van der Waals surface area contributed by atoms with Crippen LogP contribution in [-0.4, -0.2) is 77.7 Å². The number of anilines is 1. The summed E-state index contributed by atoms with van der Waals surface area (Å²) in [5, 5.41) is 13.0. The topological polar surface area (TPSA) is 125 Å². The van der Waals surface area contributed by atoms with E-state index < -0.39 is 47.5 Å². The maximum atomic E-state index is 14.7. The molecule has 6 rings (SSSR count). The summed E-state index contributed by atoms with van der Waals surface area (Å²) in [6.45, 7) is 0.260. The number of ether oxygens (including phenoxy) is 2. The predicted molar refractivity (Wildman–Crippen MR) is 166 cm³/mol. The van der Waals surface area contributed by atoms with Gasteiger partial charge >= 0.3 is 5.97 Å². The van der Waals surface area contributed by atoms with Gasteiger partial charge in [0.15, 0.2) is 0 Å². The van der Waals surface area contributed by atoms with E-state index in [4.69, 9.17) is 21.1 Å². The number of carbonyl (C=O) groups excluding carboxylic acids is 4. The van der Waals surface area contributed by atoms with Crippen molar-refractivity contribution in [3.05, 3.63) is 89.5 Å². The van der Waals surface area contributed by atoms with Crippen molar-refractivity contribution in [3.63, 3.8) is 0 Å². The minimum absolute atomic E-state index is 0.0497. The number of hydrogen-bond donors (Lipinski definition) is 2. The normalized spacial score (nSPS) is 30.8. The molecule has 4 aliphatic rings. The van der Waals surface area contributed by atoms with E-state index in [1.807, 2.05) is 42.5 Å². The minimum atomic E-state index is -1.35. The zero-order chi connectivity index (χ0) is 31.6. The van der Waals surface area contributed by atoms with Crippen LogP contribution in [0.2, 0.25) is 5.02 Å². The Morgan fingerprint density at radius 2 is 1.76 bits per heavy atom. The van der Waals surface area contributed by atoms with Crippen molar-refractivity contribution in [1.29, 1.82) is 0 Å². The van der Waals surface area contributed by atoms with Crippen LogP contribution < -0.4 is 10.2 Å². The first-order chi connectivity index (χ1) is 21.8. The standard InChI is InChI=1S/C34H36ClN3O7/c35-23-12-14-24(15-13-23)37-18-6-2-5-11-27(40)44-21-25(22-9-3-1-4-10-22)36-31(41)28-26-16-17-34(45-26)29(28)32(42)38(19-7-8-20-39)30(34)33(37)43/h1-4,6,9-10,12-17,25-26,28-30,39H,5,7-8,11,18-21H2,(H,36,41)/b6-2-/t25-,26-,28+,29+,30-,34+/m0/s1. The number of cyclic esters (lactones) is 1. The van der Waals surface area contributed by atoms with Crippen LogP contribution in [0.4, 0.5) is 5.69 Å². The number of benzene rings is 2. The van der Waals surface area contributed by atoms with Crippen molar-refractivity contribution in [2.24, 2.45) is 11.8 Å². The lowest BCUT2D eigenvalue weighted by molar-refractivity contribution is -0.145. The number of carbonyl (C=O) groups is 4. The summed E-state index contributed by atoms with van der Waals surface area (Å²) in [5.74, 6) is -3.37. The Morgan fingerprint density at radius 1 is 0.978 bits per heavy atom. The second-order valence-corrected chi connectivity index (χ2v) is 12.2. The highest BCUT2D eigenvalue weighted by Crippen LogP contribution is 2.55. The number of rotatable bonds is 6. The average molecular weight is 634 g/mol. The predicted octanol–water partition coefficient (Wildman–Crippen LogP) is 3.35. The second kappa shape index (κ2) is 13.2. The Labute approximate surface area is 266 Å². The largest absolute Gasteiger partial charge is 0.463 e. The molecular formula is C34H36ClN3O7. The Morgan fingerprint density at radius 3 is 2.51 bits per heavy atom. The number of fused-ring (bicyclic) bond motifs is 2. The van der Waals surface area contributed by atoms with Gasteiger partial charge in [-0.25, -0.2) is 0 Å². The van der Waals surface area contributed by atoms with Crippen LogP contribution in [0.1, 0.15) is 37.3 Å². The van der Waals surface area contributed by atoms with Gasteiger partial charge in [-0.3, -0.25) is 19.2 Å². The van der Waals surface area contributed by atoms with E-state index in [0.717, 1.165) is 5.56 Å². The zero-order valence-corrected chi connectivity index (χ0v) is 25.5. The molecule has 2 aromatic carbocycles. The van der Waals surface area contributed by atoms with Gasteiger partial charge in [0, 0.05) is 36.8 Å². The molecule has 2 saturated heterocycles. The minimum Gasteiger partial charge on any atom is -0.463 e. The molecule has 2 aromatic rings. The van der Waals surface area contributed by atoms with E-state index in [9.17, 15) is 24.3 Å². The number of likely N-dealkylation sites (tertiary alicyclic amines) is 1. The molecule has 10 nitrogen and oxygen atoms in total. The molecule has 1 spiro atoms. The number of esters is 1. The third-order valence-corrected chi connectivity index (χ3v) is 9.27. The SMILES string of the molecule is O=C1CC/C=C\CN(c2ccc(Cl)cc2)C(=O)[C@@H]2N(CCCCO)C(=O)[C@H]3[C@H](C(=O)N[C@H](c4ccccc4)CO1)[C@@H]1C=C[C@]23O1. The lowest BCUT2D eigenvalue weighted by atomic mass is 9.74. The van der Waals surface area contributed by atoms with Gasteiger partial charge in [0.05, 0.1) is 24.0 Å². The molecule has 4 heterocycles. The first kappa shape index (κ1) is 31.0. The molecule has 0 aliphatic carbocycles. The van der Waals surface area contributed by atoms with Gasteiger partial charge in [-0.15, -0.1) is 0 Å². The van der Waals surface area contributed by atoms with Crippen molar-refractivity contribution >= 4 is 41.0 Å². The molecular weight excluding hydrogens is 598 g/mol. The Bertz CT molecular complexity index is 1500. The molecule has 0 radical (unpaired) electrons. The van der Waals surface area contributed by atoms with Crippen LogP contribution in [-0.2, 0) is 28.7 Å². The summed E-state index contributed by atoms with van der Waals surface area (Å²) in [4.78, 5) is 58.8. The van der Waals surface area contributed by atoms with Crippen LogP contribution >= 0.6 is 11.6 Å². The van der Waals surface area contributed by atoms with E-state index in [-0.39, 0.29) is 44.5 Å². The molecule has 2 N–H and O–H groups in total. The number of nitrogens with one attached hydrogen (secondary N) is 1. The fourth-order valence-electron chi connectivity index (χ4n) is 6.89. The highest BCUT2D eigenvalue weighted by molar-refractivity contribution is 6.30. The quantitative estimate of drug-likeness (QED) is 0.284. The number of unbranched alkanes of at least 4 members (excludes halogenated alkanes) is 1. The molecule has 4 aliphatic heterocycles. The van der Waals surface area contributed by atoms with Crippen molar-refractivity contribution in [2.75, 3.05) is 31.2 Å². The van der Waals surface area contributed by atoms with Gasteiger partial charge in [-0.2, -0.15) is 0 Å². The molecule has 0 saturated carbocycles. The summed E-state index contributed by atoms with van der Waals surface area (Å²) in [6, 6.07) is 14.4. The van der Waals surface area contributed by atoms with Gasteiger partial charge in [0.1, 0.15) is 18.2 Å². The fourth-order valence-corrected chi connectivity index (χ4v) is 7.02. The van der Waals surface area contributed by atoms with Crippen LogP contribution in [0.15, 0.2) is 78.9 Å². The van der Waals surface area contributed by atoms with E-state index in [2.05, 4.69) is 5.32 Å². The van der Waals surface area contributed by atoms with E-state index in [1.54, 1.807) is 41.3 Å². The first-order valence-electron chi connectivity index (χ1n) is 15.4. The van der Waals surface area contributed by atoms with Crippen molar-refractivity contribution in [3.8, 4) is 0 Å². The van der Waals surface area contributed by atoms with Gasteiger partial charge in [0.25, 0.3) is 5.91 Å². The van der Waals surface area contributed by atoms with Crippen LogP contribution in [0.3, 0.4) is 0 Å². The highest BCUT2D eigenvalue weighted by atomic mass is 35.5. The molecule has 0 aromatic heterocycles. The molecule has 236 valence electrons. The lowest BCUT2D eigenvalue weighted by Crippen LogP contribution is -2.56. The van der Waals surface area contributed by atoms with Crippen LogP contribution in [0.5, 0.6) is 0 Å². The van der Waals surface area contributed by atoms with Crippen LogP contribution in [0, 0.1) is 11.8 Å². The number of aliphatic hydroxyl groups is 1. The van der Waals surface area contributed by atoms with Gasteiger partial charge in [-0.05, 0) is 49.1 Å². The Kier molecular flexibility index (Phi) is 9.07. The molecule has 5 bridgehead atoms. The highest BCUT2D eigenvalue weighted by Gasteiger charge is 2.73. The summed E-state index contributed by atoms with van der Waals surface area (Å²) >= 11 is 6.16. The number of amides is 3. The van der Waals surface area contributed by atoms with Crippen molar-refractivity contribution in [2.45, 2.75) is 49.5 Å². The first-order valence-corrected chi connectivity index (χ1v) is 15.7. The lowest BCUT2D eigenvalue weighted by Gasteiger charge is -2.36. The molecule has 6 atom stereocenters. The maximum Gasteiger partial charge on any atom is 0.306 e. The van der Waals surface area contributed by atoms with Crippen molar-refractivity contribution < 1.29 is 33.8 Å². The van der Waals surface area contributed by atoms with Crippen LogP contribution in [0.25, 0.3) is 0 Å². The second-order valence-electron chi connectivity index (χ2n) is 11.8. The number of allylic oxidation sites excluding steroid dienone is 1. The third-order valence-electron chi connectivity index (χ3n) is 9.02. The summed E-state index contributed by atoms with van der Waals surface area (Å²) < 4.78 is 12.1. The number of nitrogens with zero attached hydrogens (tertiary/aromatic N) is 2. The fraction of sp³-hybridized carbons (Fsp3) is 0.412. The molecule has 2 fully saturated rings. The summed E-state index contributed by atoms with van der Waals surface area (Å²) in [5.41, 5.74) is -0.0248. The van der Waals surface area contributed by atoms with E-state index >= 15 is 0 Å². The molecule has 11 heteroatoms. The van der Waals surface area contributed by atoms with E-state index in [1.165, 1.54) is 4.90 Å². The molecule has 0 unspecified atom stereocenters. The third kappa shape index (κ3) is 5.90. The van der Waals surface area contributed by atoms with Crippen molar-refractivity contribution in [1.82, 2.24) is 10.2 Å². The van der Waals surface area contributed by atoms with Gasteiger partial charge < -0.3 is 29.7 Å². The smallest absolute Gasteiger partial charge is 0.306 e. The summed E-state index contributed by atoms with van der Waals surface area (Å²) in [7, 11) is 0. The Hall–Kier alpha value is -3.99. The van der Waals surface area contributed by atoms with Gasteiger partial charge in [0.2, 0.25) is 11.8 Å². The monoisotopic (exact) mass is 633 g/mol. The Balaban J connectivity index is 1.41. The number of aliphatic hydroxyl groups excluding tert-OH is 1. The summed E-state index contributed by atoms with van der Waals surface area (Å²) in [6.07, 6.45) is 7.90. The maximum absolute atomic E-state index is 14.7. The van der Waals surface area contributed by atoms with E-state index in [0.29, 0.717) is 30.0 Å². The number of hydrogen-bond acceptors (Lipinski definition) is 7. The average Bonchev–Trinajstić information content (AvgIpc) is 3.69. The zero-order valence-electron chi connectivity index (χ0n) is 24.7. The molecule has 3 amide bonds. The number of halogens is 1. The van der Waals surface area contributed by atoms with Gasteiger partial charge in [-0.1, -0.05) is 66.2 Å².